The van der Waals surface area contributed by atoms with Gasteiger partial charge in [-0.3, -0.25) is 0 Å². The predicted octanol–water partition coefficient (Wildman–Crippen LogP) is 3.21. The van der Waals surface area contributed by atoms with Crippen LogP contribution in [-0.2, 0) is 9.47 Å². The van der Waals surface area contributed by atoms with Crippen LogP contribution < -0.4 is 0 Å². The number of esters is 1. The number of benzene rings is 1. The standard InChI is InChI=1S/C12H15ClO3S/c1-2-5-15-6-7-16-12(14)10-8-9(17)3-4-11(10)13/h3-4,8,17H,2,5-7H2,1H3. The minimum atomic E-state index is -0.453. The Morgan fingerprint density at radius 1 is 1.35 bits per heavy atom. The summed E-state index contributed by atoms with van der Waals surface area (Å²) in [5.41, 5.74) is 0.328. The van der Waals surface area contributed by atoms with Gasteiger partial charge >= 0.3 is 5.97 Å². The molecular weight excluding hydrogens is 260 g/mol. The predicted molar refractivity (Wildman–Crippen MR) is 70.1 cm³/mol. The smallest absolute Gasteiger partial charge is 0.339 e. The van der Waals surface area contributed by atoms with E-state index in [4.69, 9.17) is 21.1 Å². The molecule has 0 spiro atoms. The number of halogens is 1. The lowest BCUT2D eigenvalue weighted by Crippen LogP contribution is -2.11. The Morgan fingerprint density at radius 3 is 2.82 bits per heavy atom. The molecule has 0 atom stereocenters. The van der Waals surface area contributed by atoms with Gasteiger partial charge in [0.05, 0.1) is 17.2 Å². The average Bonchev–Trinajstić information content (AvgIpc) is 2.32. The Hall–Kier alpha value is -0.710. The van der Waals surface area contributed by atoms with E-state index in [9.17, 15) is 4.79 Å². The molecule has 0 aliphatic rings. The minimum Gasteiger partial charge on any atom is -0.460 e. The topological polar surface area (TPSA) is 35.5 Å². The highest BCUT2D eigenvalue weighted by molar-refractivity contribution is 7.80. The first kappa shape index (κ1) is 14.4. The second-order valence-corrected chi connectivity index (χ2v) is 4.34. The van der Waals surface area contributed by atoms with Crippen LogP contribution in [0.25, 0.3) is 0 Å². The number of rotatable bonds is 6. The number of carbonyl (C=O) groups is 1. The van der Waals surface area contributed by atoms with Crippen LogP contribution in [0.15, 0.2) is 23.1 Å². The molecular formula is C12H15ClO3S. The lowest BCUT2D eigenvalue weighted by atomic mass is 10.2. The molecule has 0 bridgehead atoms. The van der Waals surface area contributed by atoms with Crippen molar-refractivity contribution in [2.24, 2.45) is 0 Å². The van der Waals surface area contributed by atoms with E-state index in [0.29, 0.717) is 28.7 Å². The van der Waals surface area contributed by atoms with E-state index < -0.39 is 5.97 Å². The van der Waals surface area contributed by atoms with Crippen molar-refractivity contribution in [3.05, 3.63) is 28.8 Å². The van der Waals surface area contributed by atoms with Crippen molar-refractivity contribution < 1.29 is 14.3 Å². The summed E-state index contributed by atoms with van der Waals surface area (Å²) in [5, 5.41) is 0.363. The first-order valence-corrected chi connectivity index (χ1v) is 6.21. The summed E-state index contributed by atoms with van der Waals surface area (Å²) < 4.78 is 10.2. The lowest BCUT2D eigenvalue weighted by Gasteiger charge is -2.07. The molecule has 3 nitrogen and oxygen atoms in total. The van der Waals surface area contributed by atoms with Crippen LogP contribution in [0.5, 0.6) is 0 Å². The van der Waals surface area contributed by atoms with Crippen molar-refractivity contribution in [1.29, 1.82) is 0 Å². The first-order valence-electron chi connectivity index (χ1n) is 5.38. The Balaban J connectivity index is 2.44. The largest absolute Gasteiger partial charge is 0.460 e. The molecule has 5 heteroatoms. The molecule has 0 saturated heterocycles. The van der Waals surface area contributed by atoms with E-state index >= 15 is 0 Å². The normalized spacial score (nSPS) is 10.3. The third-order valence-electron chi connectivity index (χ3n) is 1.98. The maximum atomic E-state index is 11.7. The van der Waals surface area contributed by atoms with Gasteiger partial charge in [0.15, 0.2) is 0 Å². The fourth-order valence-corrected chi connectivity index (χ4v) is 1.59. The summed E-state index contributed by atoms with van der Waals surface area (Å²) in [6, 6.07) is 4.92. The molecule has 94 valence electrons. The summed E-state index contributed by atoms with van der Waals surface area (Å²) in [6.07, 6.45) is 0.946. The molecule has 0 unspecified atom stereocenters. The number of hydrogen-bond donors (Lipinski definition) is 1. The van der Waals surface area contributed by atoms with Crippen molar-refractivity contribution in [3.63, 3.8) is 0 Å². The van der Waals surface area contributed by atoms with Gasteiger partial charge < -0.3 is 9.47 Å². The van der Waals surface area contributed by atoms with Crippen LogP contribution in [0.4, 0.5) is 0 Å². The summed E-state index contributed by atoms with van der Waals surface area (Å²) in [6.45, 7) is 3.32. The first-order chi connectivity index (χ1) is 8.15. The molecule has 0 N–H and O–H groups in total. The molecule has 0 amide bonds. The van der Waals surface area contributed by atoms with E-state index in [1.54, 1.807) is 18.2 Å². The molecule has 0 saturated carbocycles. The van der Waals surface area contributed by atoms with E-state index in [1.165, 1.54) is 0 Å². The minimum absolute atomic E-state index is 0.228. The van der Waals surface area contributed by atoms with Crippen LogP contribution in [0.1, 0.15) is 23.7 Å². The van der Waals surface area contributed by atoms with Gasteiger partial charge in [-0.2, -0.15) is 0 Å². The van der Waals surface area contributed by atoms with Crippen LogP contribution >= 0.6 is 24.2 Å². The van der Waals surface area contributed by atoms with Crippen LogP contribution in [0.3, 0.4) is 0 Å². The number of carbonyl (C=O) groups excluding carboxylic acids is 1. The molecule has 1 aromatic carbocycles. The van der Waals surface area contributed by atoms with Gasteiger partial charge in [-0.15, -0.1) is 12.6 Å². The Labute approximate surface area is 111 Å². The quantitative estimate of drug-likeness (QED) is 0.491. The van der Waals surface area contributed by atoms with Gasteiger partial charge in [0, 0.05) is 11.5 Å². The second kappa shape index (κ2) is 7.58. The van der Waals surface area contributed by atoms with E-state index in [0.717, 1.165) is 6.42 Å². The van der Waals surface area contributed by atoms with Crippen molar-refractivity contribution >= 4 is 30.2 Å². The van der Waals surface area contributed by atoms with Gasteiger partial charge in [0.25, 0.3) is 0 Å². The highest BCUT2D eigenvalue weighted by atomic mass is 35.5. The average molecular weight is 275 g/mol. The second-order valence-electron chi connectivity index (χ2n) is 3.41. The molecule has 0 aliphatic heterocycles. The van der Waals surface area contributed by atoms with E-state index in [1.807, 2.05) is 6.92 Å². The molecule has 0 fully saturated rings. The lowest BCUT2D eigenvalue weighted by molar-refractivity contribution is 0.0318. The van der Waals surface area contributed by atoms with E-state index in [2.05, 4.69) is 12.6 Å². The molecule has 0 aromatic heterocycles. The Bertz CT molecular complexity index is 382. The molecule has 1 aromatic rings. The monoisotopic (exact) mass is 274 g/mol. The molecule has 0 aliphatic carbocycles. The summed E-state index contributed by atoms with van der Waals surface area (Å²) in [4.78, 5) is 12.3. The van der Waals surface area contributed by atoms with Crippen molar-refractivity contribution in [3.8, 4) is 0 Å². The molecule has 0 heterocycles. The van der Waals surface area contributed by atoms with Crippen molar-refractivity contribution in [1.82, 2.24) is 0 Å². The van der Waals surface area contributed by atoms with Gasteiger partial charge in [0.2, 0.25) is 0 Å². The van der Waals surface area contributed by atoms with Gasteiger partial charge in [-0.1, -0.05) is 18.5 Å². The zero-order chi connectivity index (χ0) is 12.7. The summed E-state index contributed by atoms with van der Waals surface area (Å²) >= 11 is 10.0. The highest BCUT2D eigenvalue weighted by Crippen LogP contribution is 2.20. The molecule has 1 rings (SSSR count). The SMILES string of the molecule is CCCOCCOC(=O)c1cc(S)ccc1Cl. The third kappa shape index (κ3) is 4.98. The van der Waals surface area contributed by atoms with Gasteiger partial charge in [0.1, 0.15) is 6.61 Å². The van der Waals surface area contributed by atoms with Crippen LogP contribution in [0, 0.1) is 0 Å². The molecule has 17 heavy (non-hydrogen) atoms. The van der Waals surface area contributed by atoms with Crippen molar-refractivity contribution in [2.45, 2.75) is 18.2 Å². The maximum absolute atomic E-state index is 11.7. The highest BCUT2D eigenvalue weighted by Gasteiger charge is 2.11. The summed E-state index contributed by atoms with van der Waals surface area (Å²) in [5.74, 6) is -0.453. The number of hydrogen-bond acceptors (Lipinski definition) is 4. The Morgan fingerprint density at radius 2 is 2.12 bits per heavy atom. The summed E-state index contributed by atoms with van der Waals surface area (Å²) in [7, 11) is 0. The zero-order valence-corrected chi connectivity index (χ0v) is 11.3. The van der Waals surface area contributed by atoms with E-state index in [-0.39, 0.29) is 6.61 Å². The zero-order valence-electron chi connectivity index (χ0n) is 9.61. The molecule has 0 radical (unpaired) electrons. The number of thiol groups is 1. The fraction of sp³-hybridized carbons (Fsp3) is 0.417. The van der Waals surface area contributed by atoms with Crippen LogP contribution in [-0.4, -0.2) is 25.8 Å². The number of ether oxygens (including phenoxy) is 2. The third-order valence-corrected chi connectivity index (χ3v) is 2.59. The Kier molecular flexibility index (Phi) is 6.40. The van der Waals surface area contributed by atoms with Crippen LogP contribution in [0.2, 0.25) is 5.02 Å². The van der Waals surface area contributed by atoms with Gasteiger partial charge in [-0.05, 0) is 24.6 Å². The maximum Gasteiger partial charge on any atom is 0.339 e. The van der Waals surface area contributed by atoms with Crippen molar-refractivity contribution in [2.75, 3.05) is 19.8 Å². The fourth-order valence-electron chi connectivity index (χ4n) is 1.19. The van der Waals surface area contributed by atoms with Gasteiger partial charge in [-0.25, -0.2) is 4.79 Å².